The van der Waals surface area contributed by atoms with Crippen LogP contribution in [0, 0.1) is 6.92 Å². The molecule has 8 nitrogen and oxygen atoms in total. The summed E-state index contributed by atoms with van der Waals surface area (Å²) in [4.78, 5) is 27.1. The zero-order valence-electron chi connectivity index (χ0n) is 18.8. The molecule has 2 aromatic heterocycles. The van der Waals surface area contributed by atoms with E-state index in [4.69, 9.17) is 4.74 Å². The topological polar surface area (TPSA) is 116 Å². The second-order valence-electron chi connectivity index (χ2n) is 8.16. The third-order valence-electron chi connectivity index (χ3n) is 5.69. The van der Waals surface area contributed by atoms with Crippen LogP contribution in [-0.4, -0.2) is 47.4 Å². The fraction of sp³-hybridized carbons (Fsp3) is 0.375. The van der Waals surface area contributed by atoms with Crippen molar-refractivity contribution < 1.29 is 19.4 Å². The van der Waals surface area contributed by atoms with Crippen LogP contribution in [0.5, 0.6) is 5.75 Å². The van der Waals surface area contributed by atoms with Gasteiger partial charge < -0.3 is 20.5 Å². The maximum atomic E-state index is 13.0. The number of methoxy groups -OCH3 is 1. The quantitative estimate of drug-likeness (QED) is 0.372. The molecule has 1 aliphatic rings. The maximum Gasteiger partial charge on any atom is 0.274 e. The number of benzene rings is 1. The highest BCUT2D eigenvalue weighted by molar-refractivity contribution is 7.17. The lowest BCUT2D eigenvalue weighted by atomic mass is 9.95. The van der Waals surface area contributed by atoms with Gasteiger partial charge in [0.15, 0.2) is 0 Å². The molecule has 0 radical (unpaired) electrons. The summed E-state index contributed by atoms with van der Waals surface area (Å²) in [7, 11) is 1.63. The van der Waals surface area contributed by atoms with Crippen molar-refractivity contribution in [3.63, 3.8) is 0 Å². The van der Waals surface area contributed by atoms with Gasteiger partial charge in [0.1, 0.15) is 16.4 Å². The number of carbonyl (C=O) groups excluding carboxylic acids is 2. The van der Waals surface area contributed by atoms with Gasteiger partial charge in [-0.05, 0) is 68.4 Å². The number of aromatic hydroxyl groups is 1. The molecule has 33 heavy (non-hydrogen) atoms. The van der Waals surface area contributed by atoms with E-state index in [2.05, 4.69) is 20.8 Å². The number of H-pyrrole nitrogens is 1. The van der Waals surface area contributed by atoms with Gasteiger partial charge in [-0.15, -0.1) is 11.3 Å². The number of fused-ring (bicyclic) bond motifs is 1. The minimum Gasteiger partial charge on any atom is -0.507 e. The maximum absolute atomic E-state index is 13.0. The van der Waals surface area contributed by atoms with E-state index in [1.54, 1.807) is 25.3 Å². The van der Waals surface area contributed by atoms with Gasteiger partial charge in [-0.3, -0.25) is 14.7 Å². The van der Waals surface area contributed by atoms with Crippen LogP contribution in [0.4, 0.5) is 5.00 Å². The first kappa shape index (κ1) is 23.0. The number of rotatable bonds is 8. The van der Waals surface area contributed by atoms with Crippen LogP contribution < -0.4 is 10.6 Å². The Bertz CT molecular complexity index is 1170. The monoisotopic (exact) mass is 468 g/mol. The number of hydrogen-bond donors (Lipinski definition) is 4. The molecule has 0 spiro atoms. The molecular weight excluding hydrogens is 440 g/mol. The van der Waals surface area contributed by atoms with E-state index in [0.717, 1.165) is 48.1 Å². The smallest absolute Gasteiger partial charge is 0.274 e. The fourth-order valence-corrected chi connectivity index (χ4v) is 5.29. The number of anilines is 1. The number of hydrogen-bond acceptors (Lipinski definition) is 6. The second kappa shape index (κ2) is 10.2. The standard InChI is InChI=1S/C24H28N4O4S/c1-14-8-9-15(19(29)12-14)17-13-18(28-27-17)22(30)26-24-21(23(31)25-10-5-11-32-2)16-6-3-4-7-20(16)33-24/h8-9,12-13,29H,3-7,10-11H2,1-2H3,(H,25,31)(H,26,30)(H,27,28). The number of nitrogens with one attached hydrogen (secondary N) is 3. The first-order valence-electron chi connectivity index (χ1n) is 11.1. The highest BCUT2D eigenvalue weighted by Gasteiger charge is 2.27. The van der Waals surface area contributed by atoms with Gasteiger partial charge in [0.25, 0.3) is 11.8 Å². The van der Waals surface area contributed by atoms with Gasteiger partial charge in [0.2, 0.25) is 0 Å². The van der Waals surface area contributed by atoms with Crippen molar-refractivity contribution >= 4 is 28.2 Å². The molecule has 0 atom stereocenters. The molecule has 0 bridgehead atoms. The third kappa shape index (κ3) is 5.09. The lowest BCUT2D eigenvalue weighted by molar-refractivity contribution is 0.0948. The first-order chi connectivity index (χ1) is 16.0. The molecule has 174 valence electrons. The number of amides is 2. The van der Waals surface area contributed by atoms with Crippen LogP contribution >= 0.6 is 11.3 Å². The van der Waals surface area contributed by atoms with E-state index in [0.29, 0.717) is 35.0 Å². The van der Waals surface area contributed by atoms with Crippen molar-refractivity contribution in [1.82, 2.24) is 15.5 Å². The summed E-state index contributed by atoms with van der Waals surface area (Å²) < 4.78 is 5.05. The highest BCUT2D eigenvalue weighted by Crippen LogP contribution is 2.38. The Morgan fingerprint density at radius 1 is 1.21 bits per heavy atom. The predicted octanol–water partition coefficient (Wildman–Crippen LogP) is 4.05. The third-order valence-corrected chi connectivity index (χ3v) is 6.90. The van der Waals surface area contributed by atoms with E-state index in [1.807, 2.05) is 13.0 Å². The number of phenolic OH excluding ortho intramolecular Hbond substituents is 1. The average Bonchev–Trinajstić information content (AvgIpc) is 3.41. The zero-order chi connectivity index (χ0) is 23.4. The van der Waals surface area contributed by atoms with Crippen LogP contribution in [0.1, 0.15) is 56.1 Å². The van der Waals surface area contributed by atoms with Crippen LogP contribution in [0.3, 0.4) is 0 Å². The molecule has 9 heteroatoms. The largest absolute Gasteiger partial charge is 0.507 e. The lowest BCUT2D eigenvalue weighted by Crippen LogP contribution is -2.27. The molecule has 3 aromatic rings. The molecule has 2 amide bonds. The average molecular weight is 469 g/mol. The van der Waals surface area contributed by atoms with Crippen LogP contribution in [0.15, 0.2) is 24.3 Å². The van der Waals surface area contributed by atoms with Crippen molar-refractivity contribution in [1.29, 1.82) is 0 Å². The van der Waals surface area contributed by atoms with E-state index >= 15 is 0 Å². The van der Waals surface area contributed by atoms with Gasteiger partial charge >= 0.3 is 0 Å². The molecule has 1 aliphatic carbocycles. The van der Waals surface area contributed by atoms with Crippen molar-refractivity contribution in [2.24, 2.45) is 0 Å². The van der Waals surface area contributed by atoms with Gasteiger partial charge in [0, 0.05) is 30.7 Å². The Morgan fingerprint density at radius 2 is 2.03 bits per heavy atom. The van der Waals surface area contributed by atoms with Crippen molar-refractivity contribution in [3.8, 4) is 17.0 Å². The molecule has 0 saturated carbocycles. The number of aromatic amines is 1. The molecule has 2 heterocycles. The van der Waals surface area contributed by atoms with Gasteiger partial charge in [0.05, 0.1) is 11.3 Å². The minimum absolute atomic E-state index is 0.104. The minimum atomic E-state index is -0.382. The molecule has 4 rings (SSSR count). The SMILES string of the molecule is COCCCNC(=O)c1c(NC(=O)c2cc(-c3ccc(C)cc3O)n[nH]2)sc2c1CCCC2. The normalized spacial score (nSPS) is 12.9. The number of thiophene rings is 1. The summed E-state index contributed by atoms with van der Waals surface area (Å²) in [5.74, 6) is -0.449. The van der Waals surface area contributed by atoms with Crippen molar-refractivity contribution in [3.05, 3.63) is 51.5 Å². The Labute approximate surface area is 196 Å². The van der Waals surface area contributed by atoms with Crippen LogP contribution in [0.2, 0.25) is 0 Å². The van der Waals surface area contributed by atoms with E-state index in [1.165, 1.54) is 11.3 Å². The second-order valence-corrected chi connectivity index (χ2v) is 9.26. The van der Waals surface area contributed by atoms with Gasteiger partial charge in [-0.25, -0.2) is 0 Å². The summed E-state index contributed by atoms with van der Waals surface area (Å²) in [5, 5.41) is 23.6. The number of ether oxygens (including phenoxy) is 1. The molecule has 0 unspecified atom stereocenters. The first-order valence-corrected chi connectivity index (χ1v) is 11.9. The van der Waals surface area contributed by atoms with Crippen molar-refractivity contribution in [2.45, 2.75) is 39.0 Å². The molecule has 4 N–H and O–H groups in total. The fourth-order valence-electron chi connectivity index (χ4n) is 4.01. The summed E-state index contributed by atoms with van der Waals surface area (Å²) >= 11 is 1.47. The Balaban J connectivity index is 1.55. The predicted molar refractivity (Wildman–Crippen MR) is 128 cm³/mol. The Hall–Kier alpha value is -3.17. The zero-order valence-corrected chi connectivity index (χ0v) is 19.6. The number of aromatic nitrogens is 2. The van der Waals surface area contributed by atoms with Gasteiger partial charge in [-0.2, -0.15) is 5.10 Å². The summed E-state index contributed by atoms with van der Waals surface area (Å²) in [6.45, 7) is 2.97. The van der Waals surface area contributed by atoms with E-state index < -0.39 is 0 Å². The summed E-state index contributed by atoms with van der Waals surface area (Å²) in [6, 6.07) is 6.88. The van der Waals surface area contributed by atoms with Crippen LogP contribution in [-0.2, 0) is 17.6 Å². The molecule has 0 saturated heterocycles. The molecular formula is C24H28N4O4S. The lowest BCUT2D eigenvalue weighted by Gasteiger charge is -2.13. The molecule has 0 fully saturated rings. The van der Waals surface area contributed by atoms with Crippen LogP contribution in [0.25, 0.3) is 11.3 Å². The molecule has 0 aliphatic heterocycles. The van der Waals surface area contributed by atoms with E-state index in [-0.39, 0.29) is 23.3 Å². The van der Waals surface area contributed by atoms with Gasteiger partial charge in [-0.1, -0.05) is 6.07 Å². The summed E-state index contributed by atoms with van der Waals surface area (Å²) in [5.41, 5.74) is 3.80. The molecule has 1 aromatic carbocycles. The summed E-state index contributed by atoms with van der Waals surface area (Å²) in [6.07, 6.45) is 4.59. The number of aryl methyl sites for hydroxylation is 2. The number of nitrogens with zero attached hydrogens (tertiary/aromatic N) is 1. The number of carbonyl (C=O) groups is 2. The Kier molecular flexibility index (Phi) is 7.10. The Morgan fingerprint density at radius 3 is 2.82 bits per heavy atom. The number of phenols is 1. The van der Waals surface area contributed by atoms with Crippen molar-refractivity contribution in [2.75, 3.05) is 25.6 Å². The van der Waals surface area contributed by atoms with E-state index in [9.17, 15) is 14.7 Å². The highest BCUT2D eigenvalue weighted by atomic mass is 32.1.